The number of aromatic nitrogens is 2. The molecule has 156 valence electrons. The molecule has 1 aliphatic carbocycles. The molecular formula is C22H28IN3O3. The number of hydrogen-bond acceptors (Lipinski definition) is 4. The summed E-state index contributed by atoms with van der Waals surface area (Å²) < 4.78 is 7.98. The molecule has 1 saturated carbocycles. The summed E-state index contributed by atoms with van der Waals surface area (Å²) in [6.45, 7) is 8.34. The maximum atomic E-state index is 13.1. The summed E-state index contributed by atoms with van der Waals surface area (Å²) in [5, 5.41) is 10.8. The molecule has 0 unspecified atom stereocenters. The molecule has 1 aliphatic heterocycles. The van der Waals surface area contributed by atoms with E-state index in [9.17, 15) is 10.0 Å². The Hall–Kier alpha value is -1.77. The van der Waals surface area contributed by atoms with Crippen molar-refractivity contribution in [2.24, 2.45) is 5.41 Å². The number of imidazole rings is 1. The van der Waals surface area contributed by atoms with Gasteiger partial charge in [0.15, 0.2) is 5.82 Å². The lowest BCUT2D eigenvalue weighted by atomic mass is 9.87. The van der Waals surface area contributed by atoms with E-state index in [-0.39, 0.29) is 11.5 Å². The molecule has 2 fully saturated rings. The van der Waals surface area contributed by atoms with Crippen molar-refractivity contribution in [1.82, 2.24) is 14.6 Å². The summed E-state index contributed by atoms with van der Waals surface area (Å²) in [7, 11) is 0. The summed E-state index contributed by atoms with van der Waals surface area (Å²) in [6, 6.07) is 8.02. The van der Waals surface area contributed by atoms with Gasteiger partial charge in [-0.15, -0.1) is 0 Å². The number of benzene rings is 1. The molecule has 0 bridgehead atoms. The average Bonchev–Trinajstić information content (AvgIpc) is 3.13. The lowest BCUT2D eigenvalue weighted by Crippen LogP contribution is -2.48. The summed E-state index contributed by atoms with van der Waals surface area (Å²) >= 11 is 2.26. The standard InChI is InChI=1S/C22H28IN3O3/c1-5-22(13-21(10-11-21)14-25(22)19(27)29-20(2,3)4)18-24-17(12-26(18)28)15-6-8-16(23)9-7-15/h6-9,12,28H,5,10-11,13-14H2,1-4H3/t22-/m1/s1. The van der Waals surface area contributed by atoms with Crippen molar-refractivity contribution in [3.63, 3.8) is 0 Å². The van der Waals surface area contributed by atoms with E-state index < -0.39 is 11.1 Å². The van der Waals surface area contributed by atoms with Crippen LogP contribution in [0.4, 0.5) is 4.79 Å². The highest BCUT2D eigenvalue weighted by atomic mass is 127. The van der Waals surface area contributed by atoms with E-state index in [1.54, 1.807) is 6.20 Å². The van der Waals surface area contributed by atoms with Crippen LogP contribution in [0.15, 0.2) is 30.5 Å². The first-order valence-electron chi connectivity index (χ1n) is 10.1. The number of likely N-dealkylation sites (tertiary alicyclic amines) is 1. The van der Waals surface area contributed by atoms with Crippen LogP contribution in [-0.4, -0.2) is 38.1 Å². The quantitative estimate of drug-likeness (QED) is 0.444. The van der Waals surface area contributed by atoms with E-state index >= 15 is 0 Å². The monoisotopic (exact) mass is 509 g/mol. The van der Waals surface area contributed by atoms with Crippen LogP contribution < -0.4 is 0 Å². The van der Waals surface area contributed by atoms with Crippen LogP contribution in [0.25, 0.3) is 11.3 Å². The highest BCUT2D eigenvalue weighted by Crippen LogP contribution is 2.61. The first-order chi connectivity index (χ1) is 13.6. The van der Waals surface area contributed by atoms with Gasteiger partial charge in [-0.2, -0.15) is 4.73 Å². The summed E-state index contributed by atoms with van der Waals surface area (Å²) in [4.78, 5) is 19.8. The van der Waals surface area contributed by atoms with Crippen molar-refractivity contribution in [1.29, 1.82) is 0 Å². The Labute approximate surface area is 185 Å². The lowest BCUT2D eigenvalue weighted by molar-refractivity contribution is -0.000280. The zero-order valence-corrected chi connectivity index (χ0v) is 19.6. The second kappa shape index (κ2) is 6.89. The highest BCUT2D eigenvalue weighted by Gasteiger charge is 2.62. The van der Waals surface area contributed by atoms with Gasteiger partial charge in [0.25, 0.3) is 0 Å². The molecule has 1 amide bonds. The molecule has 1 aromatic heterocycles. The molecule has 6 nitrogen and oxygen atoms in total. The fourth-order valence-corrected chi connectivity index (χ4v) is 4.81. The summed E-state index contributed by atoms with van der Waals surface area (Å²) in [6.07, 6.45) is 4.98. The van der Waals surface area contributed by atoms with E-state index in [2.05, 4.69) is 29.5 Å². The number of hydrogen-bond donors (Lipinski definition) is 1. The van der Waals surface area contributed by atoms with Gasteiger partial charge in [0.2, 0.25) is 0 Å². The van der Waals surface area contributed by atoms with Crippen LogP contribution in [0.2, 0.25) is 0 Å². The lowest BCUT2D eigenvalue weighted by Gasteiger charge is -2.37. The smallest absolute Gasteiger partial charge is 0.411 e. The molecule has 1 N–H and O–H groups in total. The van der Waals surface area contributed by atoms with Gasteiger partial charge in [-0.05, 0) is 86.6 Å². The predicted octanol–water partition coefficient (Wildman–Crippen LogP) is 5.42. The third kappa shape index (κ3) is 3.73. The number of ether oxygens (including phenoxy) is 1. The number of halogens is 1. The number of rotatable bonds is 3. The van der Waals surface area contributed by atoms with E-state index in [0.717, 1.165) is 33.1 Å². The molecule has 1 spiro atoms. The molecule has 7 heteroatoms. The van der Waals surface area contributed by atoms with Crippen LogP contribution in [0.1, 0.15) is 59.2 Å². The van der Waals surface area contributed by atoms with E-state index in [1.807, 2.05) is 49.9 Å². The zero-order valence-electron chi connectivity index (χ0n) is 17.4. The second-order valence-corrected chi connectivity index (χ2v) is 10.7. The molecule has 1 atom stereocenters. The van der Waals surface area contributed by atoms with Crippen molar-refractivity contribution in [2.75, 3.05) is 6.54 Å². The Morgan fingerprint density at radius 3 is 2.48 bits per heavy atom. The Bertz CT molecular complexity index is 928. The minimum Gasteiger partial charge on any atom is -0.444 e. The third-order valence-corrected chi connectivity index (χ3v) is 6.80. The number of amides is 1. The van der Waals surface area contributed by atoms with Gasteiger partial charge < -0.3 is 9.94 Å². The van der Waals surface area contributed by atoms with Crippen LogP contribution >= 0.6 is 22.6 Å². The van der Waals surface area contributed by atoms with Gasteiger partial charge in [0.05, 0.1) is 11.9 Å². The third-order valence-electron chi connectivity index (χ3n) is 6.08. The van der Waals surface area contributed by atoms with Crippen molar-refractivity contribution < 1.29 is 14.7 Å². The topological polar surface area (TPSA) is 67.6 Å². The van der Waals surface area contributed by atoms with Crippen molar-refractivity contribution >= 4 is 28.7 Å². The van der Waals surface area contributed by atoms with E-state index in [1.165, 1.54) is 0 Å². The largest absolute Gasteiger partial charge is 0.444 e. The van der Waals surface area contributed by atoms with E-state index in [0.29, 0.717) is 24.5 Å². The average molecular weight is 509 g/mol. The van der Waals surface area contributed by atoms with Crippen molar-refractivity contribution in [3.05, 3.63) is 39.9 Å². The summed E-state index contributed by atoms with van der Waals surface area (Å²) in [5.41, 5.74) is 0.523. The number of carbonyl (C=O) groups excluding carboxylic acids is 1. The maximum absolute atomic E-state index is 13.1. The molecule has 4 rings (SSSR count). The zero-order chi connectivity index (χ0) is 21.0. The molecule has 29 heavy (non-hydrogen) atoms. The van der Waals surface area contributed by atoms with E-state index in [4.69, 9.17) is 9.72 Å². The molecule has 1 aromatic carbocycles. The fourth-order valence-electron chi connectivity index (χ4n) is 4.45. The Morgan fingerprint density at radius 2 is 1.93 bits per heavy atom. The van der Waals surface area contributed by atoms with Gasteiger partial charge >= 0.3 is 6.09 Å². The molecule has 0 radical (unpaired) electrons. The van der Waals surface area contributed by atoms with Crippen molar-refractivity contribution in [2.45, 2.75) is 64.5 Å². The van der Waals surface area contributed by atoms with Gasteiger partial charge in [-0.1, -0.05) is 19.1 Å². The Balaban J connectivity index is 1.75. The predicted molar refractivity (Wildman–Crippen MR) is 119 cm³/mol. The summed E-state index contributed by atoms with van der Waals surface area (Å²) in [5.74, 6) is 0.517. The Kier molecular flexibility index (Phi) is 4.87. The van der Waals surface area contributed by atoms with Gasteiger partial charge in [-0.3, -0.25) is 4.90 Å². The fraction of sp³-hybridized carbons (Fsp3) is 0.545. The normalized spacial score (nSPS) is 22.9. The number of carbonyl (C=O) groups is 1. The van der Waals surface area contributed by atoms with Gasteiger partial charge in [0, 0.05) is 15.7 Å². The second-order valence-electron chi connectivity index (χ2n) is 9.43. The maximum Gasteiger partial charge on any atom is 0.411 e. The van der Waals surface area contributed by atoms with Crippen LogP contribution in [0.5, 0.6) is 0 Å². The minimum atomic E-state index is -0.672. The molecular weight excluding hydrogens is 481 g/mol. The van der Waals surface area contributed by atoms with Crippen LogP contribution in [0, 0.1) is 8.99 Å². The molecule has 1 saturated heterocycles. The van der Waals surface area contributed by atoms with Crippen molar-refractivity contribution in [3.8, 4) is 11.3 Å². The number of nitrogens with zero attached hydrogens (tertiary/aromatic N) is 3. The van der Waals surface area contributed by atoms with Crippen LogP contribution in [0.3, 0.4) is 0 Å². The molecule has 2 aromatic rings. The van der Waals surface area contributed by atoms with Gasteiger partial charge in [-0.25, -0.2) is 9.78 Å². The highest BCUT2D eigenvalue weighted by molar-refractivity contribution is 14.1. The Morgan fingerprint density at radius 1 is 1.28 bits per heavy atom. The van der Waals surface area contributed by atoms with Gasteiger partial charge in [0.1, 0.15) is 11.1 Å². The SMILES string of the molecule is CC[C@]1(c2nc(-c3ccc(I)cc3)cn2O)CC2(CC2)CN1C(=O)OC(C)(C)C. The molecule has 2 heterocycles. The molecule has 2 aliphatic rings. The first-order valence-corrected chi connectivity index (χ1v) is 11.2. The van der Waals surface area contributed by atoms with Crippen LogP contribution in [-0.2, 0) is 10.3 Å². The minimum absolute atomic E-state index is 0.127. The first kappa shape index (κ1) is 20.5.